The fourth-order valence-electron chi connectivity index (χ4n) is 3.76. The second-order valence-electron chi connectivity index (χ2n) is 7.09. The van der Waals surface area contributed by atoms with Crippen molar-refractivity contribution in [2.45, 2.75) is 12.8 Å². The monoisotopic (exact) mass is 389 g/mol. The molecule has 1 aliphatic heterocycles. The highest BCUT2D eigenvalue weighted by molar-refractivity contribution is 5.91. The molecule has 0 saturated carbocycles. The van der Waals surface area contributed by atoms with Crippen LogP contribution in [0.1, 0.15) is 28.8 Å². The number of nitriles is 1. The number of piperidine rings is 1. The number of para-hydroxylation sites is 1. The summed E-state index contributed by atoms with van der Waals surface area (Å²) in [4.78, 5) is 14.9. The largest absolute Gasteiger partial charge is 0.507 e. The first-order valence-corrected chi connectivity index (χ1v) is 9.38. The molecule has 7 heteroatoms. The Kier molecular flexibility index (Phi) is 5.93. The van der Waals surface area contributed by atoms with Gasteiger partial charge in [-0.2, -0.15) is 5.26 Å². The van der Waals surface area contributed by atoms with Crippen molar-refractivity contribution in [3.63, 3.8) is 0 Å². The standard InChI is InChI=1S/C22H23N5O2/c1-26(14-24)22(25)15-7-9-27(10-8-15)21-17(12-23)3-2-4-19(21)16-5-6-20(29)18(11-16)13-28/h2-6,11,13-15,24-25,29H,7-10H2,1H3. The van der Waals surface area contributed by atoms with Gasteiger partial charge in [-0.3, -0.25) is 15.6 Å². The number of hydrogen-bond donors (Lipinski definition) is 3. The molecule has 3 rings (SSSR count). The molecule has 7 nitrogen and oxygen atoms in total. The number of phenolic OH excluding ortho intramolecular Hbond substituents is 1. The van der Waals surface area contributed by atoms with Gasteiger partial charge in [-0.25, -0.2) is 0 Å². The highest BCUT2D eigenvalue weighted by Gasteiger charge is 2.27. The van der Waals surface area contributed by atoms with E-state index in [0.29, 0.717) is 30.8 Å². The van der Waals surface area contributed by atoms with Crippen molar-refractivity contribution in [1.82, 2.24) is 4.90 Å². The number of carbonyl (C=O) groups excluding carboxylic acids is 1. The van der Waals surface area contributed by atoms with Gasteiger partial charge < -0.3 is 14.9 Å². The zero-order valence-electron chi connectivity index (χ0n) is 16.2. The van der Waals surface area contributed by atoms with Crippen LogP contribution in [0.25, 0.3) is 11.1 Å². The first-order chi connectivity index (χ1) is 14.0. The van der Waals surface area contributed by atoms with Gasteiger partial charge in [0.2, 0.25) is 0 Å². The summed E-state index contributed by atoms with van der Waals surface area (Å²) in [5.41, 5.74) is 3.15. The lowest BCUT2D eigenvalue weighted by Crippen LogP contribution is -2.41. The lowest BCUT2D eigenvalue weighted by atomic mass is 9.92. The summed E-state index contributed by atoms with van der Waals surface area (Å²) in [6, 6.07) is 12.6. The number of rotatable bonds is 5. The van der Waals surface area contributed by atoms with Gasteiger partial charge >= 0.3 is 0 Å². The quantitative estimate of drug-likeness (QED) is 0.411. The molecule has 0 amide bonds. The molecule has 0 atom stereocenters. The van der Waals surface area contributed by atoms with Gasteiger partial charge in [-0.15, -0.1) is 0 Å². The fourth-order valence-corrected chi connectivity index (χ4v) is 3.76. The van der Waals surface area contributed by atoms with Crippen molar-refractivity contribution < 1.29 is 9.90 Å². The Hall–Kier alpha value is -3.66. The number of amidine groups is 1. The van der Waals surface area contributed by atoms with Gasteiger partial charge in [0.05, 0.1) is 23.2 Å². The zero-order chi connectivity index (χ0) is 21.0. The average molecular weight is 389 g/mol. The maximum absolute atomic E-state index is 11.2. The summed E-state index contributed by atoms with van der Waals surface area (Å²) < 4.78 is 0. The van der Waals surface area contributed by atoms with Crippen LogP contribution in [0.4, 0.5) is 5.69 Å². The molecule has 2 aromatic carbocycles. The third kappa shape index (κ3) is 3.97. The van der Waals surface area contributed by atoms with Crippen LogP contribution >= 0.6 is 0 Å². The molecule has 148 valence electrons. The van der Waals surface area contributed by atoms with E-state index in [1.165, 1.54) is 11.0 Å². The highest BCUT2D eigenvalue weighted by atomic mass is 16.3. The van der Waals surface area contributed by atoms with Gasteiger partial charge in [-0.1, -0.05) is 18.2 Å². The molecule has 0 aromatic heterocycles. The van der Waals surface area contributed by atoms with Crippen molar-refractivity contribution >= 4 is 24.1 Å². The smallest absolute Gasteiger partial charge is 0.153 e. The number of anilines is 1. The van der Waals surface area contributed by atoms with Crippen LogP contribution in [0.2, 0.25) is 0 Å². The maximum Gasteiger partial charge on any atom is 0.153 e. The van der Waals surface area contributed by atoms with Gasteiger partial charge in [0.1, 0.15) is 17.7 Å². The van der Waals surface area contributed by atoms with Crippen LogP contribution in [0.15, 0.2) is 36.4 Å². The van der Waals surface area contributed by atoms with E-state index in [2.05, 4.69) is 11.0 Å². The number of aldehydes is 1. The van der Waals surface area contributed by atoms with E-state index in [4.69, 9.17) is 10.8 Å². The maximum atomic E-state index is 11.2. The number of nitrogens with zero attached hydrogens (tertiary/aromatic N) is 3. The predicted octanol–water partition coefficient (Wildman–Crippen LogP) is 3.48. The molecule has 1 fully saturated rings. The number of nitrogens with one attached hydrogen (secondary N) is 2. The van der Waals surface area contributed by atoms with Crippen molar-refractivity contribution in [3.05, 3.63) is 47.5 Å². The normalized spacial score (nSPS) is 14.1. The molecule has 0 aliphatic carbocycles. The summed E-state index contributed by atoms with van der Waals surface area (Å²) in [6.07, 6.45) is 3.27. The summed E-state index contributed by atoms with van der Waals surface area (Å²) in [6.45, 7) is 1.37. The van der Waals surface area contributed by atoms with Crippen molar-refractivity contribution in [2.75, 3.05) is 25.0 Å². The topological polar surface area (TPSA) is 115 Å². The van der Waals surface area contributed by atoms with E-state index >= 15 is 0 Å². The van der Waals surface area contributed by atoms with Crippen LogP contribution < -0.4 is 4.90 Å². The Bertz CT molecular complexity index is 987. The highest BCUT2D eigenvalue weighted by Crippen LogP contribution is 2.37. The van der Waals surface area contributed by atoms with Gasteiger partial charge in [0.25, 0.3) is 0 Å². The summed E-state index contributed by atoms with van der Waals surface area (Å²) in [7, 11) is 1.71. The molecule has 1 aliphatic rings. The molecule has 29 heavy (non-hydrogen) atoms. The predicted molar refractivity (Wildman–Crippen MR) is 113 cm³/mol. The molecule has 1 heterocycles. The van der Waals surface area contributed by atoms with E-state index in [1.807, 2.05) is 12.1 Å². The van der Waals surface area contributed by atoms with E-state index in [-0.39, 0.29) is 17.2 Å². The van der Waals surface area contributed by atoms with Gasteiger partial charge in [0, 0.05) is 31.6 Å². The van der Waals surface area contributed by atoms with Gasteiger partial charge in [0.15, 0.2) is 6.29 Å². The van der Waals surface area contributed by atoms with Crippen LogP contribution in [-0.2, 0) is 0 Å². The van der Waals surface area contributed by atoms with Crippen LogP contribution in [0, 0.1) is 28.1 Å². The number of hydrogen-bond acceptors (Lipinski definition) is 6. The lowest BCUT2D eigenvalue weighted by Gasteiger charge is -2.36. The first kappa shape index (κ1) is 20.1. The average Bonchev–Trinajstić information content (AvgIpc) is 2.77. The van der Waals surface area contributed by atoms with Crippen LogP contribution in [-0.4, -0.2) is 48.6 Å². The summed E-state index contributed by atoms with van der Waals surface area (Å²) in [5.74, 6) is 0.435. The Morgan fingerprint density at radius 1 is 1.31 bits per heavy atom. The molecule has 3 N–H and O–H groups in total. The van der Waals surface area contributed by atoms with Crippen LogP contribution in [0.5, 0.6) is 5.75 Å². The SMILES string of the molecule is CN(C=N)C(=N)C1CCN(c2c(C#N)cccc2-c2ccc(O)c(C=O)c2)CC1. The van der Waals surface area contributed by atoms with Crippen molar-refractivity contribution in [3.8, 4) is 22.9 Å². The molecule has 2 aromatic rings. The Morgan fingerprint density at radius 2 is 2.03 bits per heavy atom. The number of benzene rings is 2. The molecular weight excluding hydrogens is 366 g/mol. The van der Waals surface area contributed by atoms with Crippen molar-refractivity contribution in [2.24, 2.45) is 5.92 Å². The molecule has 0 radical (unpaired) electrons. The number of phenols is 1. The van der Waals surface area contributed by atoms with E-state index in [1.54, 1.807) is 25.2 Å². The molecule has 0 spiro atoms. The number of aromatic hydroxyl groups is 1. The minimum atomic E-state index is -0.0728. The van der Waals surface area contributed by atoms with Gasteiger partial charge in [-0.05, 0) is 36.6 Å². The molecular formula is C22H23N5O2. The molecule has 0 bridgehead atoms. The second kappa shape index (κ2) is 8.57. The van der Waals surface area contributed by atoms with E-state index < -0.39 is 0 Å². The zero-order valence-corrected chi connectivity index (χ0v) is 16.2. The first-order valence-electron chi connectivity index (χ1n) is 9.38. The fraction of sp³-hybridized carbons (Fsp3) is 0.273. The Morgan fingerprint density at radius 3 is 2.66 bits per heavy atom. The number of carbonyl (C=O) groups is 1. The Labute approximate surface area is 169 Å². The third-order valence-electron chi connectivity index (χ3n) is 5.39. The van der Waals surface area contributed by atoms with Crippen LogP contribution in [0.3, 0.4) is 0 Å². The second-order valence-corrected chi connectivity index (χ2v) is 7.09. The minimum absolute atomic E-state index is 0.0728. The van der Waals surface area contributed by atoms with E-state index in [0.717, 1.165) is 36.0 Å². The van der Waals surface area contributed by atoms with E-state index in [9.17, 15) is 15.2 Å². The molecule has 1 saturated heterocycles. The Balaban J connectivity index is 1.94. The summed E-state index contributed by atoms with van der Waals surface area (Å²) >= 11 is 0. The molecule has 0 unspecified atom stereocenters. The summed E-state index contributed by atoms with van der Waals surface area (Å²) in [5, 5.41) is 35.0. The third-order valence-corrected chi connectivity index (χ3v) is 5.39. The minimum Gasteiger partial charge on any atom is -0.507 e. The van der Waals surface area contributed by atoms with Crippen molar-refractivity contribution in [1.29, 1.82) is 16.1 Å². The lowest BCUT2D eigenvalue weighted by molar-refractivity contribution is 0.112.